The maximum atomic E-state index is 12.8. The van der Waals surface area contributed by atoms with Crippen LogP contribution >= 0.6 is 0 Å². The predicted octanol–water partition coefficient (Wildman–Crippen LogP) is 3.34. The molecule has 0 bridgehead atoms. The molecule has 0 fully saturated rings. The van der Waals surface area contributed by atoms with Gasteiger partial charge >= 0.3 is 5.25 Å². The van der Waals surface area contributed by atoms with Gasteiger partial charge in [0.25, 0.3) is 0 Å². The minimum atomic E-state index is -4.42. The topological polar surface area (TPSA) is 34.1 Å². The monoisotopic (exact) mass is 262 g/mol. The van der Waals surface area contributed by atoms with Gasteiger partial charge in [-0.1, -0.05) is 38.1 Å². The van der Waals surface area contributed by atoms with Crippen LogP contribution in [0.15, 0.2) is 24.3 Å². The number of hydrogen-bond acceptors (Lipinski definition) is 2. The second kappa shape index (κ2) is 4.72. The normalized spacial score (nSPS) is 13.1. The highest BCUT2D eigenvalue weighted by atomic mass is 32.2. The summed E-state index contributed by atoms with van der Waals surface area (Å²) in [5.74, 6) is -0.303. The maximum absolute atomic E-state index is 12.8. The highest BCUT2D eigenvalue weighted by Gasteiger charge is 2.38. The Morgan fingerprint density at radius 1 is 1.18 bits per heavy atom. The number of halogens is 2. The van der Waals surface area contributed by atoms with Crippen LogP contribution in [0.5, 0.6) is 0 Å². The van der Waals surface area contributed by atoms with Crippen molar-refractivity contribution < 1.29 is 17.2 Å². The molecule has 17 heavy (non-hydrogen) atoms. The average Bonchev–Trinajstić information content (AvgIpc) is 2.16. The first-order chi connectivity index (χ1) is 7.63. The Bertz CT molecular complexity index is 470. The Balaban J connectivity index is 2.91. The summed E-state index contributed by atoms with van der Waals surface area (Å²) in [7, 11) is -4.42. The van der Waals surface area contributed by atoms with E-state index in [-0.39, 0.29) is 0 Å². The lowest BCUT2D eigenvalue weighted by Crippen LogP contribution is -2.26. The molecule has 0 aromatic heterocycles. The molecule has 0 saturated carbocycles. The molecule has 0 heterocycles. The molecule has 1 aromatic rings. The van der Waals surface area contributed by atoms with E-state index in [1.54, 1.807) is 24.3 Å². The number of sulfone groups is 1. The number of rotatable bonds is 4. The summed E-state index contributed by atoms with van der Waals surface area (Å²) < 4.78 is 48.2. The lowest BCUT2D eigenvalue weighted by Gasteiger charge is -2.12. The highest BCUT2D eigenvalue weighted by Crippen LogP contribution is 2.25. The number of alkyl halides is 2. The zero-order chi connectivity index (χ0) is 13.3. The fourth-order valence-electron chi connectivity index (χ4n) is 1.34. The van der Waals surface area contributed by atoms with Crippen LogP contribution in [0.1, 0.15) is 37.8 Å². The molecule has 0 aliphatic rings. The molecule has 0 radical (unpaired) electrons. The molecule has 1 rings (SSSR count). The van der Waals surface area contributed by atoms with Crippen molar-refractivity contribution in [2.24, 2.45) is 0 Å². The van der Waals surface area contributed by atoms with E-state index in [1.807, 2.05) is 13.8 Å². The lowest BCUT2D eigenvalue weighted by atomic mass is 10.0. The second-order valence-electron chi connectivity index (χ2n) is 4.46. The van der Waals surface area contributed by atoms with E-state index >= 15 is 0 Å². The molecule has 0 saturated heterocycles. The number of hydrogen-bond donors (Lipinski definition) is 0. The summed E-state index contributed by atoms with van der Waals surface area (Å²) in [6, 6.07) is 6.70. The van der Waals surface area contributed by atoms with Crippen molar-refractivity contribution in [2.45, 2.75) is 37.7 Å². The summed E-state index contributed by atoms with van der Waals surface area (Å²) in [5, 5.41) is -3.69. The zero-order valence-electron chi connectivity index (χ0n) is 10.1. The maximum Gasteiger partial charge on any atom is 0.343 e. The quantitative estimate of drug-likeness (QED) is 0.834. The second-order valence-corrected chi connectivity index (χ2v) is 6.70. The van der Waals surface area contributed by atoms with Crippen LogP contribution in [0.3, 0.4) is 0 Å². The summed E-state index contributed by atoms with van der Waals surface area (Å²) in [5.41, 5.74) is 1.44. The fraction of sp³-hybridized carbons (Fsp3) is 0.500. The van der Waals surface area contributed by atoms with Crippen LogP contribution in [0.25, 0.3) is 0 Å². The van der Waals surface area contributed by atoms with E-state index in [2.05, 4.69) is 0 Å². The van der Waals surface area contributed by atoms with E-state index in [0.717, 1.165) is 5.56 Å². The van der Waals surface area contributed by atoms with Gasteiger partial charge < -0.3 is 0 Å². The molecule has 0 aliphatic carbocycles. The SMILES string of the molecule is CC(C)c1ccc(CS(=O)(=O)C(C)(F)F)cc1. The van der Waals surface area contributed by atoms with Gasteiger partial charge in [-0.05, 0) is 17.0 Å². The van der Waals surface area contributed by atoms with E-state index in [9.17, 15) is 17.2 Å². The molecular formula is C12H16F2O2S. The van der Waals surface area contributed by atoms with E-state index in [0.29, 0.717) is 18.4 Å². The third kappa shape index (κ3) is 3.49. The van der Waals surface area contributed by atoms with E-state index in [4.69, 9.17) is 0 Å². The minimum Gasteiger partial charge on any atom is -0.222 e. The van der Waals surface area contributed by atoms with E-state index in [1.165, 1.54) is 0 Å². The fourth-order valence-corrected chi connectivity index (χ4v) is 2.23. The largest absolute Gasteiger partial charge is 0.343 e. The van der Waals surface area contributed by atoms with Gasteiger partial charge in [0.15, 0.2) is 0 Å². The van der Waals surface area contributed by atoms with Gasteiger partial charge in [-0.2, -0.15) is 8.78 Å². The van der Waals surface area contributed by atoms with Gasteiger partial charge in [0.1, 0.15) is 0 Å². The first-order valence-corrected chi connectivity index (χ1v) is 6.97. The smallest absolute Gasteiger partial charge is 0.222 e. The van der Waals surface area contributed by atoms with Crippen LogP contribution in [0.4, 0.5) is 8.78 Å². The zero-order valence-corrected chi connectivity index (χ0v) is 10.9. The summed E-state index contributed by atoms with van der Waals surface area (Å²) in [6.07, 6.45) is 0. The van der Waals surface area contributed by atoms with Gasteiger partial charge in [-0.25, -0.2) is 8.42 Å². The molecule has 5 heteroatoms. The lowest BCUT2D eigenvalue weighted by molar-refractivity contribution is 0.114. The van der Waals surface area contributed by atoms with Crippen LogP contribution in [0.2, 0.25) is 0 Å². The van der Waals surface area contributed by atoms with Crippen LogP contribution in [-0.2, 0) is 15.6 Å². The summed E-state index contributed by atoms with van der Waals surface area (Å²) >= 11 is 0. The van der Waals surface area contributed by atoms with Gasteiger partial charge in [0.2, 0.25) is 9.84 Å². The molecule has 0 N–H and O–H groups in total. The van der Waals surface area contributed by atoms with Crippen molar-refractivity contribution in [3.05, 3.63) is 35.4 Å². The van der Waals surface area contributed by atoms with Crippen molar-refractivity contribution in [3.8, 4) is 0 Å². The molecule has 0 spiro atoms. The molecule has 0 amide bonds. The van der Waals surface area contributed by atoms with E-state index < -0.39 is 20.8 Å². The highest BCUT2D eigenvalue weighted by molar-refractivity contribution is 7.91. The van der Waals surface area contributed by atoms with Gasteiger partial charge in [-0.15, -0.1) is 0 Å². The Hall–Kier alpha value is -0.970. The standard InChI is InChI=1S/C12H16F2O2S/c1-9(2)11-6-4-10(5-7-11)8-17(15,16)12(3,13)14/h4-7,9H,8H2,1-3H3. The van der Waals surface area contributed by atoms with Crippen LogP contribution < -0.4 is 0 Å². The molecule has 0 unspecified atom stereocenters. The van der Waals surface area contributed by atoms with Gasteiger partial charge in [-0.3, -0.25) is 0 Å². The minimum absolute atomic E-state index is 0.327. The molecule has 96 valence electrons. The van der Waals surface area contributed by atoms with Crippen molar-refractivity contribution in [1.82, 2.24) is 0 Å². The Morgan fingerprint density at radius 2 is 1.65 bits per heavy atom. The Labute approximate surface area is 101 Å². The molecular weight excluding hydrogens is 246 g/mol. The summed E-state index contributed by atoms with van der Waals surface area (Å²) in [4.78, 5) is 0. The molecule has 0 atom stereocenters. The van der Waals surface area contributed by atoms with Crippen LogP contribution in [-0.4, -0.2) is 13.7 Å². The van der Waals surface area contributed by atoms with Crippen molar-refractivity contribution in [3.63, 3.8) is 0 Å². The van der Waals surface area contributed by atoms with Crippen molar-refractivity contribution >= 4 is 9.84 Å². The molecule has 2 nitrogen and oxygen atoms in total. The van der Waals surface area contributed by atoms with Crippen molar-refractivity contribution in [1.29, 1.82) is 0 Å². The average molecular weight is 262 g/mol. The number of benzene rings is 1. The third-order valence-corrected chi connectivity index (χ3v) is 4.35. The first kappa shape index (κ1) is 14.1. The first-order valence-electron chi connectivity index (χ1n) is 5.32. The summed E-state index contributed by atoms with van der Waals surface area (Å²) in [6.45, 7) is 4.42. The van der Waals surface area contributed by atoms with Gasteiger partial charge in [0, 0.05) is 6.92 Å². The van der Waals surface area contributed by atoms with Gasteiger partial charge in [0.05, 0.1) is 5.75 Å². The molecule has 0 aliphatic heterocycles. The Kier molecular flexibility index (Phi) is 3.91. The van der Waals surface area contributed by atoms with Crippen molar-refractivity contribution in [2.75, 3.05) is 0 Å². The predicted molar refractivity (Wildman–Crippen MR) is 63.8 cm³/mol. The Morgan fingerprint density at radius 3 is 2.00 bits per heavy atom. The van der Waals surface area contributed by atoms with Crippen LogP contribution in [0, 0.1) is 0 Å². The third-order valence-electron chi connectivity index (χ3n) is 2.55. The molecule has 1 aromatic carbocycles.